The molecule has 0 aliphatic carbocycles. The van der Waals surface area contributed by atoms with E-state index in [9.17, 15) is 13.2 Å². The number of quaternary nitrogens is 1. The minimum Gasteiger partial charge on any atom is -0.288 e. The van der Waals surface area contributed by atoms with E-state index in [1.165, 1.54) is 23.8 Å². The molecule has 1 heterocycles. The topological polar surface area (TPSA) is 96.4 Å². The minimum atomic E-state index is -3.82. The fourth-order valence-electron chi connectivity index (χ4n) is 3.09. The van der Waals surface area contributed by atoms with Crippen LogP contribution in [0.5, 0.6) is 0 Å². The fourth-order valence-corrected chi connectivity index (χ4v) is 4.60. The van der Waals surface area contributed by atoms with Gasteiger partial charge in [-0.1, -0.05) is 36.4 Å². The zero-order valence-electron chi connectivity index (χ0n) is 14.5. The van der Waals surface area contributed by atoms with Gasteiger partial charge in [-0.25, -0.2) is 5.48 Å². The number of nitrogens with zero attached hydrogens (tertiary/aromatic N) is 2. The molecule has 8 heteroatoms. The molecule has 0 spiro atoms. The lowest BCUT2D eigenvalue weighted by molar-refractivity contribution is 0.0700. The molecule has 2 aromatic carbocycles. The third-order valence-corrected chi connectivity index (χ3v) is 5.81. The zero-order valence-corrected chi connectivity index (χ0v) is 15.3. The van der Waals surface area contributed by atoms with Crippen molar-refractivity contribution in [3.63, 3.8) is 0 Å². The summed E-state index contributed by atoms with van der Waals surface area (Å²) < 4.78 is 25.8. The molecule has 0 saturated heterocycles. The van der Waals surface area contributed by atoms with Crippen molar-refractivity contribution in [3.05, 3.63) is 84.7 Å². The maximum absolute atomic E-state index is 13.2. The molecule has 0 bridgehead atoms. The van der Waals surface area contributed by atoms with Crippen molar-refractivity contribution in [3.8, 4) is 0 Å². The van der Waals surface area contributed by atoms with E-state index in [1.807, 2.05) is 0 Å². The molecule has 3 rings (SSSR count). The van der Waals surface area contributed by atoms with Crippen LogP contribution in [0.3, 0.4) is 0 Å². The van der Waals surface area contributed by atoms with Crippen LogP contribution in [0.1, 0.15) is 10.5 Å². The van der Waals surface area contributed by atoms with Crippen LogP contribution in [0, 0.1) is 0 Å². The van der Waals surface area contributed by atoms with Crippen molar-refractivity contribution in [2.45, 2.75) is 0 Å². The van der Waals surface area contributed by atoms with Crippen molar-refractivity contribution in [2.24, 2.45) is 0 Å². The minimum absolute atomic E-state index is 0.104. The first kappa shape index (κ1) is 18.7. The molecule has 7 nitrogen and oxygen atoms in total. The first-order valence-corrected chi connectivity index (χ1v) is 9.87. The molecule has 3 aromatic rings. The first-order valence-electron chi connectivity index (χ1n) is 8.03. The van der Waals surface area contributed by atoms with Crippen LogP contribution in [0.4, 0.5) is 17.1 Å². The van der Waals surface area contributed by atoms with Crippen molar-refractivity contribution in [1.29, 1.82) is 0 Å². The van der Waals surface area contributed by atoms with Gasteiger partial charge in [0.1, 0.15) is 5.69 Å². The summed E-state index contributed by atoms with van der Waals surface area (Å²) in [5.41, 5.74) is 2.67. The van der Waals surface area contributed by atoms with Gasteiger partial charge in [-0.2, -0.15) is 8.42 Å². The summed E-state index contributed by atoms with van der Waals surface area (Å²) in [5.74, 6) is -0.829. The van der Waals surface area contributed by atoms with E-state index in [0.29, 0.717) is 17.1 Å². The quantitative estimate of drug-likeness (QED) is 0.400. The van der Waals surface area contributed by atoms with Gasteiger partial charge >= 0.3 is 10.0 Å². The van der Waals surface area contributed by atoms with Gasteiger partial charge in [-0.05, 0) is 0 Å². The van der Waals surface area contributed by atoms with Crippen LogP contribution in [-0.2, 0) is 10.0 Å². The number of nitrogens with one attached hydrogen (secondary N) is 1. The van der Waals surface area contributed by atoms with Crippen molar-refractivity contribution < 1.29 is 18.4 Å². The maximum Gasteiger partial charge on any atom is 0.308 e. The molecule has 0 unspecified atom stereocenters. The van der Waals surface area contributed by atoms with E-state index in [4.69, 9.17) is 5.21 Å². The maximum atomic E-state index is 13.2. The summed E-state index contributed by atoms with van der Waals surface area (Å²) in [6.07, 6.45) is 2.48. The molecule has 1 amide bonds. The SMILES string of the molecule is CS(=O)(=O)[N+](c1ccccc1)(c1ccccc1)c1ccnc(C(=O)NO)c1. The molecule has 0 fully saturated rings. The molecular formula is C19H18N3O4S+. The highest BCUT2D eigenvalue weighted by atomic mass is 32.2. The lowest BCUT2D eigenvalue weighted by Gasteiger charge is -2.34. The molecular weight excluding hydrogens is 366 g/mol. The van der Waals surface area contributed by atoms with Crippen LogP contribution in [0.2, 0.25) is 0 Å². The van der Waals surface area contributed by atoms with Gasteiger partial charge in [-0.15, -0.1) is 3.89 Å². The van der Waals surface area contributed by atoms with Crippen molar-refractivity contribution >= 4 is 33.0 Å². The van der Waals surface area contributed by atoms with Gasteiger partial charge in [0.25, 0.3) is 5.91 Å². The summed E-state index contributed by atoms with van der Waals surface area (Å²) >= 11 is 0. The largest absolute Gasteiger partial charge is 0.308 e. The number of sulfonamides is 1. The van der Waals surface area contributed by atoms with Crippen molar-refractivity contribution in [2.75, 3.05) is 6.26 Å². The van der Waals surface area contributed by atoms with Crippen LogP contribution in [0.15, 0.2) is 79.0 Å². The first-order chi connectivity index (χ1) is 12.9. The summed E-state index contributed by atoms with van der Waals surface area (Å²) in [6, 6.07) is 20.3. The van der Waals surface area contributed by atoms with Gasteiger partial charge in [0, 0.05) is 42.6 Å². The Kier molecular flexibility index (Phi) is 5.04. The van der Waals surface area contributed by atoms with Crippen LogP contribution < -0.4 is 9.37 Å². The molecule has 27 heavy (non-hydrogen) atoms. The highest BCUT2D eigenvalue weighted by Crippen LogP contribution is 2.46. The van der Waals surface area contributed by atoms with Gasteiger partial charge in [0.2, 0.25) is 0 Å². The summed E-state index contributed by atoms with van der Waals surface area (Å²) in [6.45, 7) is 0. The third-order valence-electron chi connectivity index (χ3n) is 4.18. The highest BCUT2D eigenvalue weighted by Gasteiger charge is 2.46. The van der Waals surface area contributed by atoms with Crippen molar-refractivity contribution in [1.82, 2.24) is 14.4 Å². The zero-order chi connectivity index (χ0) is 19.5. The average molecular weight is 384 g/mol. The molecule has 0 atom stereocenters. The molecule has 0 aliphatic rings. The molecule has 1 aromatic heterocycles. The smallest absolute Gasteiger partial charge is 0.288 e. The van der Waals surface area contributed by atoms with E-state index in [-0.39, 0.29) is 5.69 Å². The number of hydroxylamine groups is 1. The third kappa shape index (κ3) is 3.21. The molecule has 0 aliphatic heterocycles. The number of carbonyl (C=O) groups excluding carboxylic acids is 1. The summed E-state index contributed by atoms with van der Waals surface area (Å²) in [5, 5.41) is 8.91. The Bertz CT molecular complexity index is 1020. The van der Waals surface area contributed by atoms with E-state index < -0.39 is 19.8 Å². The standard InChI is InChI=1S/C19H17N3O4S/c1-27(25,26)22(15-8-4-2-5-9-15,16-10-6-3-7-11-16)17-12-13-20-18(14-17)19(23)21-24/h2-14H,1H3,(H-,20,21,23,24)/p+1. The monoisotopic (exact) mass is 384 g/mol. The average Bonchev–Trinajstić information content (AvgIpc) is 2.69. The normalized spacial score (nSPS) is 11.8. The van der Waals surface area contributed by atoms with Gasteiger partial charge in [0.15, 0.2) is 17.1 Å². The number of para-hydroxylation sites is 2. The number of aromatic nitrogens is 1. The predicted molar refractivity (Wildman–Crippen MR) is 102 cm³/mol. The number of hydrogen-bond donors (Lipinski definition) is 2. The van der Waals surface area contributed by atoms with E-state index in [1.54, 1.807) is 60.7 Å². The van der Waals surface area contributed by atoms with Crippen LogP contribution >= 0.6 is 0 Å². The second-order valence-electron chi connectivity index (χ2n) is 5.85. The van der Waals surface area contributed by atoms with Gasteiger partial charge < -0.3 is 0 Å². The Labute approximate surface area is 157 Å². The molecule has 2 N–H and O–H groups in total. The van der Waals surface area contributed by atoms with Crippen LogP contribution in [0.25, 0.3) is 0 Å². The number of hydrogen-bond acceptors (Lipinski definition) is 5. The van der Waals surface area contributed by atoms with E-state index in [0.717, 1.165) is 6.26 Å². The number of amides is 1. The molecule has 138 valence electrons. The second kappa shape index (κ2) is 7.28. The summed E-state index contributed by atoms with van der Waals surface area (Å²) in [7, 11) is -3.82. The Morgan fingerprint density at radius 3 is 1.89 bits per heavy atom. The highest BCUT2D eigenvalue weighted by molar-refractivity contribution is 7.90. The molecule has 0 saturated carbocycles. The van der Waals surface area contributed by atoms with Gasteiger partial charge in [0.05, 0.1) is 6.26 Å². The Hall–Kier alpha value is -3.07. The van der Waals surface area contributed by atoms with E-state index in [2.05, 4.69) is 4.98 Å². The number of benzene rings is 2. The Morgan fingerprint density at radius 2 is 1.44 bits per heavy atom. The lowest BCUT2D eigenvalue weighted by Crippen LogP contribution is -2.44. The Morgan fingerprint density at radius 1 is 0.926 bits per heavy atom. The van der Waals surface area contributed by atoms with E-state index >= 15 is 0 Å². The number of pyridine rings is 1. The Balaban J connectivity index is 2.43. The lowest BCUT2D eigenvalue weighted by atomic mass is 10.2. The van der Waals surface area contributed by atoms with Crippen LogP contribution in [-0.4, -0.2) is 30.8 Å². The number of carbonyl (C=O) groups is 1. The van der Waals surface area contributed by atoms with Gasteiger partial charge in [-0.3, -0.25) is 15.0 Å². The predicted octanol–water partition coefficient (Wildman–Crippen LogP) is 3.13. The second-order valence-corrected chi connectivity index (χ2v) is 7.87. The summed E-state index contributed by atoms with van der Waals surface area (Å²) in [4.78, 5) is 15.8. The fraction of sp³-hybridized carbons (Fsp3) is 0.0526. The molecule has 0 radical (unpaired) electrons. The number of rotatable bonds is 5.